The molecule has 6 aromatic rings. The van der Waals surface area contributed by atoms with Gasteiger partial charge in [-0.05, 0) is 47.3 Å². The van der Waals surface area contributed by atoms with Crippen LogP contribution in [0.15, 0.2) is 101 Å². The zero-order valence-corrected chi connectivity index (χ0v) is 21.2. The van der Waals surface area contributed by atoms with Crippen molar-refractivity contribution in [3.8, 4) is 33.6 Å². The summed E-state index contributed by atoms with van der Waals surface area (Å²) in [4.78, 5) is 4.65. The fourth-order valence-corrected chi connectivity index (χ4v) is 5.52. The minimum atomic E-state index is -3.92. The van der Waals surface area contributed by atoms with Crippen molar-refractivity contribution in [2.75, 3.05) is 4.72 Å². The maximum absolute atomic E-state index is 14.7. The van der Waals surface area contributed by atoms with Gasteiger partial charge in [0.25, 0.3) is 10.0 Å². The molecule has 0 atom stereocenters. The van der Waals surface area contributed by atoms with Crippen LogP contribution in [0.5, 0.6) is 0 Å². The monoisotopic (exact) mass is 543 g/mol. The van der Waals surface area contributed by atoms with Crippen LogP contribution in [0, 0.1) is 11.6 Å². The number of rotatable bonds is 6. The van der Waals surface area contributed by atoms with Crippen molar-refractivity contribution in [3.63, 3.8) is 0 Å². The second-order valence-electron chi connectivity index (χ2n) is 8.73. The highest BCUT2D eigenvalue weighted by Crippen LogP contribution is 2.38. The van der Waals surface area contributed by atoms with E-state index in [1.165, 1.54) is 30.5 Å². The Labute approximate surface area is 221 Å². The van der Waals surface area contributed by atoms with Crippen molar-refractivity contribution >= 4 is 26.6 Å². The van der Waals surface area contributed by atoms with Gasteiger partial charge in [0.1, 0.15) is 6.26 Å². The second kappa shape index (κ2) is 9.44. The minimum Gasteiger partial charge on any atom is -0.363 e. The lowest BCUT2D eigenvalue weighted by molar-refractivity contribution is 0.423. The summed E-state index contributed by atoms with van der Waals surface area (Å²) in [5.41, 5.74) is 3.34. The van der Waals surface area contributed by atoms with Gasteiger partial charge >= 0.3 is 0 Å². The summed E-state index contributed by atoms with van der Waals surface area (Å²) in [5.74, 6) is -1.79. The zero-order valence-electron chi connectivity index (χ0n) is 20.3. The molecular weight excluding hydrogens is 524 g/mol. The van der Waals surface area contributed by atoms with E-state index in [1.807, 2.05) is 6.07 Å². The molecule has 1 N–H and O–H groups in total. The second-order valence-corrected chi connectivity index (χ2v) is 10.4. The molecule has 3 aromatic heterocycles. The summed E-state index contributed by atoms with van der Waals surface area (Å²) in [6.45, 7) is 0. The number of nitrogens with one attached hydrogen (secondary N) is 1. The molecule has 11 heteroatoms. The molecule has 0 aliphatic carbocycles. The van der Waals surface area contributed by atoms with Crippen molar-refractivity contribution in [2.45, 2.75) is 4.90 Å². The summed E-state index contributed by atoms with van der Waals surface area (Å²) in [6.07, 6.45) is 4.50. The molecule has 0 saturated heterocycles. The lowest BCUT2D eigenvalue weighted by Gasteiger charge is -2.15. The van der Waals surface area contributed by atoms with Gasteiger partial charge in [-0.3, -0.25) is 14.4 Å². The lowest BCUT2D eigenvalue weighted by atomic mass is 9.93. The average molecular weight is 544 g/mol. The lowest BCUT2D eigenvalue weighted by Crippen LogP contribution is -2.13. The predicted molar refractivity (Wildman–Crippen MR) is 142 cm³/mol. The average Bonchev–Trinajstić information content (AvgIpc) is 3.60. The van der Waals surface area contributed by atoms with Crippen molar-refractivity contribution in [3.05, 3.63) is 103 Å². The maximum atomic E-state index is 14.7. The van der Waals surface area contributed by atoms with Gasteiger partial charge in [0.15, 0.2) is 17.5 Å². The molecule has 3 aromatic carbocycles. The molecule has 0 aliphatic heterocycles. The van der Waals surface area contributed by atoms with Crippen LogP contribution in [0.1, 0.15) is 0 Å². The van der Waals surface area contributed by atoms with Gasteiger partial charge in [-0.15, -0.1) is 0 Å². The maximum Gasteiger partial charge on any atom is 0.263 e. The molecule has 39 heavy (non-hydrogen) atoms. The highest BCUT2D eigenvalue weighted by atomic mass is 32.2. The third kappa shape index (κ3) is 4.42. The van der Waals surface area contributed by atoms with Crippen molar-refractivity contribution in [2.24, 2.45) is 7.05 Å². The fourth-order valence-electron chi connectivity index (χ4n) is 4.49. The summed E-state index contributed by atoms with van der Waals surface area (Å²) < 4.78 is 63.2. The molecule has 6 rings (SSSR count). The smallest absolute Gasteiger partial charge is 0.263 e. The number of hydrogen-bond acceptors (Lipinski definition) is 6. The summed E-state index contributed by atoms with van der Waals surface area (Å²) >= 11 is 0. The van der Waals surface area contributed by atoms with Crippen LogP contribution in [0.4, 0.5) is 14.6 Å². The molecule has 0 radical (unpaired) electrons. The molecule has 0 unspecified atom stereocenters. The number of anilines is 1. The Kier molecular flexibility index (Phi) is 5.92. The summed E-state index contributed by atoms with van der Waals surface area (Å²) in [5, 5.41) is 9.20. The number of halogens is 2. The van der Waals surface area contributed by atoms with Crippen molar-refractivity contribution in [1.29, 1.82) is 0 Å². The van der Waals surface area contributed by atoms with Crippen LogP contribution >= 0.6 is 0 Å². The molecule has 0 amide bonds. The molecule has 0 aliphatic rings. The Hall–Kier alpha value is -4.90. The SMILES string of the molecule is Cn1nccc1-c1cc(-c2cccc(F)c2F)ccc1-c1nccc2cc(S(=O)(=O)Nc3ccon3)ccc12. The van der Waals surface area contributed by atoms with Gasteiger partial charge in [0.05, 0.1) is 16.3 Å². The number of sulfonamides is 1. The molecule has 194 valence electrons. The van der Waals surface area contributed by atoms with E-state index in [4.69, 9.17) is 4.52 Å². The standard InChI is InChI=1S/C28H19F2N5O3S/c1-35-25(10-13-32-35)23-16-17(20-3-2-4-24(29)27(20)30)5-7-22(23)28-21-8-6-19(15-18(21)9-12-31-28)39(36,37)34-26-11-14-38-33-26/h2-16H,1H3,(H,33,34). The molecule has 0 bridgehead atoms. The fraction of sp³-hybridized carbons (Fsp3) is 0.0357. The third-order valence-corrected chi connectivity index (χ3v) is 7.71. The summed E-state index contributed by atoms with van der Waals surface area (Å²) in [6, 6.07) is 19.0. The highest BCUT2D eigenvalue weighted by Gasteiger charge is 2.20. The van der Waals surface area contributed by atoms with Gasteiger partial charge in [0, 0.05) is 47.6 Å². The Balaban J connectivity index is 1.51. The van der Waals surface area contributed by atoms with Crippen LogP contribution in [0.2, 0.25) is 0 Å². The van der Waals surface area contributed by atoms with E-state index in [-0.39, 0.29) is 16.3 Å². The zero-order chi connectivity index (χ0) is 27.1. The number of hydrogen-bond donors (Lipinski definition) is 1. The first-order chi connectivity index (χ1) is 18.8. The Morgan fingerprint density at radius 2 is 1.77 bits per heavy atom. The van der Waals surface area contributed by atoms with Crippen LogP contribution in [0.3, 0.4) is 0 Å². The van der Waals surface area contributed by atoms with Crippen LogP contribution in [-0.2, 0) is 17.1 Å². The van der Waals surface area contributed by atoms with Gasteiger partial charge in [0.2, 0.25) is 0 Å². The number of benzene rings is 3. The van der Waals surface area contributed by atoms with Crippen molar-refractivity contribution < 1.29 is 21.7 Å². The quantitative estimate of drug-likeness (QED) is 0.275. The molecule has 3 heterocycles. The van der Waals surface area contributed by atoms with E-state index in [9.17, 15) is 17.2 Å². The van der Waals surface area contributed by atoms with Crippen molar-refractivity contribution in [1.82, 2.24) is 19.9 Å². The van der Waals surface area contributed by atoms with E-state index in [0.717, 1.165) is 11.8 Å². The summed E-state index contributed by atoms with van der Waals surface area (Å²) in [7, 11) is -2.13. The van der Waals surface area contributed by atoms with Crippen LogP contribution in [-0.4, -0.2) is 28.3 Å². The number of aromatic nitrogens is 4. The molecule has 0 spiro atoms. The normalized spacial score (nSPS) is 11.7. The molecule has 0 fully saturated rings. The first-order valence-corrected chi connectivity index (χ1v) is 13.2. The first kappa shape index (κ1) is 24.4. The van der Waals surface area contributed by atoms with E-state index in [1.54, 1.807) is 60.5 Å². The van der Waals surface area contributed by atoms with E-state index in [2.05, 4.69) is 20.0 Å². The third-order valence-electron chi connectivity index (χ3n) is 6.36. The topological polar surface area (TPSA) is 103 Å². The predicted octanol–water partition coefficient (Wildman–Crippen LogP) is 6.04. The Morgan fingerprint density at radius 1 is 0.897 bits per heavy atom. The largest absolute Gasteiger partial charge is 0.363 e. The van der Waals surface area contributed by atoms with Gasteiger partial charge in [-0.25, -0.2) is 17.2 Å². The molecule has 8 nitrogen and oxygen atoms in total. The minimum absolute atomic E-state index is 0.0407. The van der Waals surface area contributed by atoms with E-state index >= 15 is 0 Å². The van der Waals surface area contributed by atoms with Gasteiger partial charge in [-0.1, -0.05) is 35.5 Å². The van der Waals surface area contributed by atoms with Gasteiger partial charge < -0.3 is 4.52 Å². The number of nitrogens with zero attached hydrogens (tertiary/aromatic N) is 4. The number of pyridine rings is 1. The van der Waals surface area contributed by atoms with E-state index in [0.29, 0.717) is 33.2 Å². The van der Waals surface area contributed by atoms with Gasteiger partial charge in [-0.2, -0.15) is 5.10 Å². The van der Waals surface area contributed by atoms with Crippen LogP contribution in [0.25, 0.3) is 44.4 Å². The Morgan fingerprint density at radius 3 is 2.54 bits per heavy atom. The molecule has 0 saturated carbocycles. The first-order valence-electron chi connectivity index (χ1n) is 11.7. The van der Waals surface area contributed by atoms with Crippen LogP contribution < -0.4 is 4.72 Å². The number of aryl methyl sites for hydroxylation is 1. The van der Waals surface area contributed by atoms with E-state index < -0.39 is 21.7 Å². The highest BCUT2D eigenvalue weighted by molar-refractivity contribution is 7.92. The Bertz CT molecular complexity index is 1950. The molecular formula is C28H19F2N5O3S. The number of fused-ring (bicyclic) bond motifs is 1.